The van der Waals surface area contributed by atoms with Crippen molar-refractivity contribution in [2.24, 2.45) is 0 Å². The van der Waals surface area contributed by atoms with Crippen molar-refractivity contribution in [1.29, 1.82) is 0 Å². The summed E-state index contributed by atoms with van der Waals surface area (Å²) in [5.41, 5.74) is 0.508. The second-order valence-corrected chi connectivity index (χ2v) is 10.0. The van der Waals surface area contributed by atoms with Gasteiger partial charge in [-0.25, -0.2) is 4.79 Å². The smallest absolute Gasteiger partial charge is 0.342 e. The van der Waals surface area contributed by atoms with Crippen molar-refractivity contribution in [2.45, 2.75) is 76.6 Å². The predicted octanol–water partition coefficient (Wildman–Crippen LogP) is 3.73. The van der Waals surface area contributed by atoms with E-state index in [-0.39, 0.29) is 30.2 Å². The van der Waals surface area contributed by atoms with E-state index in [0.717, 1.165) is 11.6 Å². The van der Waals surface area contributed by atoms with Crippen LogP contribution in [0.5, 0.6) is 5.75 Å². The highest BCUT2D eigenvalue weighted by Crippen LogP contribution is 2.42. The summed E-state index contributed by atoms with van der Waals surface area (Å²) >= 11 is 0. The first-order valence-electron chi connectivity index (χ1n) is 12.0. The fourth-order valence-electron chi connectivity index (χ4n) is 4.65. The topological polar surface area (TPSA) is 125 Å². The van der Waals surface area contributed by atoms with Crippen molar-refractivity contribution in [3.8, 4) is 5.75 Å². The van der Waals surface area contributed by atoms with Gasteiger partial charge in [0.05, 0.1) is 11.5 Å². The summed E-state index contributed by atoms with van der Waals surface area (Å²) in [6.07, 6.45) is -3.74. The summed E-state index contributed by atoms with van der Waals surface area (Å²) in [7, 11) is 0. The molecule has 0 aliphatic carbocycles. The molecular formula is C26H29NO10. The minimum absolute atomic E-state index is 0.0885. The van der Waals surface area contributed by atoms with E-state index in [0.29, 0.717) is 0 Å². The third-order valence-electron chi connectivity index (χ3n) is 6.30. The lowest BCUT2D eigenvalue weighted by molar-refractivity contribution is -0.384. The number of nitro groups is 1. The summed E-state index contributed by atoms with van der Waals surface area (Å²) in [5, 5.41) is 11.4. The number of rotatable bonds is 7. The fraction of sp³-hybridized carbons (Fsp3) is 0.500. The molecule has 5 rings (SSSR count). The zero-order valence-corrected chi connectivity index (χ0v) is 20.9. The summed E-state index contributed by atoms with van der Waals surface area (Å²) in [4.78, 5) is 24.4. The minimum Gasteiger partial charge on any atom is -0.488 e. The van der Waals surface area contributed by atoms with Crippen molar-refractivity contribution in [3.63, 3.8) is 0 Å². The Hall–Kier alpha value is -3.09. The van der Waals surface area contributed by atoms with Crippen molar-refractivity contribution < 1.29 is 42.9 Å². The molecular weight excluding hydrogens is 486 g/mol. The van der Waals surface area contributed by atoms with Crippen LogP contribution in [-0.2, 0) is 35.0 Å². The average molecular weight is 516 g/mol. The molecule has 3 aliphatic heterocycles. The van der Waals surface area contributed by atoms with Gasteiger partial charge in [0.1, 0.15) is 30.1 Å². The number of hydrogen-bond donors (Lipinski definition) is 0. The van der Waals surface area contributed by atoms with E-state index in [9.17, 15) is 14.9 Å². The summed E-state index contributed by atoms with van der Waals surface area (Å²) in [6.45, 7) is 7.40. The van der Waals surface area contributed by atoms with Gasteiger partial charge in [-0.2, -0.15) is 0 Å². The molecule has 0 bridgehead atoms. The van der Waals surface area contributed by atoms with Crippen LogP contribution in [0.1, 0.15) is 43.6 Å². The predicted molar refractivity (Wildman–Crippen MR) is 127 cm³/mol. The molecule has 0 amide bonds. The van der Waals surface area contributed by atoms with E-state index < -0.39 is 53.2 Å². The van der Waals surface area contributed by atoms with Gasteiger partial charge in [-0.1, -0.05) is 30.3 Å². The lowest BCUT2D eigenvalue weighted by atomic mass is 10.1. The Morgan fingerprint density at radius 3 is 2.46 bits per heavy atom. The SMILES string of the molecule is CC1(C)O[C@H]2O[C@H]([C@H]3COC(C)(C)O3)[C@H](OC(=O)c3cc([N+](=O)[O-])ccc3OCc3ccccc3)[C@H]2O1. The molecule has 198 valence electrons. The number of carbonyl (C=O) groups is 1. The molecule has 0 unspecified atom stereocenters. The van der Waals surface area contributed by atoms with Crippen LogP contribution < -0.4 is 4.74 Å². The lowest BCUT2D eigenvalue weighted by Crippen LogP contribution is -2.45. The second-order valence-electron chi connectivity index (χ2n) is 10.0. The molecule has 5 atom stereocenters. The molecule has 3 heterocycles. The summed E-state index contributed by atoms with van der Waals surface area (Å²) in [5.74, 6) is -2.46. The highest BCUT2D eigenvalue weighted by molar-refractivity contribution is 5.93. The van der Waals surface area contributed by atoms with Gasteiger partial charge in [0.2, 0.25) is 0 Å². The molecule has 2 aromatic carbocycles. The van der Waals surface area contributed by atoms with Crippen LogP contribution in [-0.4, -0.2) is 59.8 Å². The zero-order chi connectivity index (χ0) is 26.4. The number of hydrogen-bond acceptors (Lipinski definition) is 10. The van der Waals surface area contributed by atoms with Crippen LogP contribution in [0.2, 0.25) is 0 Å². The third kappa shape index (κ3) is 5.46. The van der Waals surface area contributed by atoms with E-state index in [4.69, 9.17) is 33.2 Å². The average Bonchev–Trinajstić information content (AvgIpc) is 3.47. The van der Waals surface area contributed by atoms with Crippen LogP contribution in [0.15, 0.2) is 48.5 Å². The maximum absolute atomic E-state index is 13.5. The monoisotopic (exact) mass is 515 g/mol. The first kappa shape index (κ1) is 25.6. The van der Waals surface area contributed by atoms with Gasteiger partial charge >= 0.3 is 5.97 Å². The fourth-order valence-corrected chi connectivity index (χ4v) is 4.65. The second kappa shape index (κ2) is 9.66. The highest BCUT2D eigenvalue weighted by Gasteiger charge is 2.60. The molecule has 37 heavy (non-hydrogen) atoms. The number of ether oxygens (including phenoxy) is 7. The number of carbonyl (C=O) groups excluding carboxylic acids is 1. The third-order valence-corrected chi connectivity index (χ3v) is 6.30. The Balaban J connectivity index is 1.41. The molecule has 0 radical (unpaired) electrons. The number of nitrogens with zero attached hydrogens (tertiary/aromatic N) is 1. The molecule has 3 fully saturated rings. The van der Waals surface area contributed by atoms with E-state index >= 15 is 0 Å². The Bertz CT molecular complexity index is 1170. The van der Waals surface area contributed by atoms with Crippen molar-refractivity contribution in [3.05, 3.63) is 69.8 Å². The number of nitro benzene ring substituents is 1. The molecule has 0 saturated carbocycles. The van der Waals surface area contributed by atoms with Crippen LogP contribution in [0.3, 0.4) is 0 Å². The largest absolute Gasteiger partial charge is 0.488 e. The number of benzene rings is 2. The van der Waals surface area contributed by atoms with Crippen LogP contribution in [0.4, 0.5) is 5.69 Å². The quantitative estimate of drug-likeness (QED) is 0.306. The van der Waals surface area contributed by atoms with Crippen LogP contribution >= 0.6 is 0 Å². The van der Waals surface area contributed by atoms with E-state index in [2.05, 4.69) is 0 Å². The molecule has 0 aromatic heterocycles. The number of fused-ring (bicyclic) bond motifs is 1. The van der Waals surface area contributed by atoms with Crippen molar-refractivity contribution in [2.75, 3.05) is 6.61 Å². The molecule has 11 nitrogen and oxygen atoms in total. The molecule has 2 aromatic rings. The first-order valence-corrected chi connectivity index (χ1v) is 12.0. The maximum atomic E-state index is 13.5. The molecule has 0 spiro atoms. The van der Waals surface area contributed by atoms with Gasteiger partial charge in [-0.3, -0.25) is 10.1 Å². The van der Waals surface area contributed by atoms with Gasteiger partial charge in [-0.05, 0) is 39.3 Å². The normalized spacial score (nSPS) is 29.6. The van der Waals surface area contributed by atoms with Gasteiger partial charge < -0.3 is 33.2 Å². The van der Waals surface area contributed by atoms with Gasteiger partial charge in [0.25, 0.3) is 5.69 Å². The Morgan fingerprint density at radius 1 is 1.03 bits per heavy atom. The molecule has 11 heteroatoms. The van der Waals surface area contributed by atoms with Gasteiger partial charge in [-0.15, -0.1) is 0 Å². The Kier molecular flexibility index (Phi) is 6.67. The standard InChI is InChI=1S/C26H29NO10/c1-25(2)32-14-19(35-25)20-21(22-24(34-20)37-26(3,4)36-22)33-23(28)17-12-16(27(29)30)10-11-18(17)31-13-15-8-6-5-7-9-15/h5-12,19-22,24H,13-14H2,1-4H3/t19-,20-,21+,22-,24-/m1/s1. The van der Waals surface area contributed by atoms with Crippen LogP contribution in [0.25, 0.3) is 0 Å². The van der Waals surface area contributed by atoms with Gasteiger partial charge in [0.15, 0.2) is 30.1 Å². The molecule has 0 N–H and O–H groups in total. The Morgan fingerprint density at radius 2 is 1.78 bits per heavy atom. The van der Waals surface area contributed by atoms with E-state index in [1.165, 1.54) is 12.1 Å². The summed E-state index contributed by atoms with van der Waals surface area (Å²) < 4.78 is 41.4. The van der Waals surface area contributed by atoms with Crippen LogP contribution in [0, 0.1) is 10.1 Å². The lowest BCUT2D eigenvalue weighted by Gasteiger charge is -2.29. The number of non-ortho nitro benzene ring substituents is 1. The van der Waals surface area contributed by atoms with E-state index in [1.54, 1.807) is 27.7 Å². The minimum atomic E-state index is -0.952. The Labute approximate surface area is 213 Å². The van der Waals surface area contributed by atoms with Gasteiger partial charge in [0, 0.05) is 12.1 Å². The summed E-state index contributed by atoms with van der Waals surface area (Å²) in [6, 6.07) is 13.1. The van der Waals surface area contributed by atoms with Crippen molar-refractivity contribution in [1.82, 2.24) is 0 Å². The maximum Gasteiger partial charge on any atom is 0.342 e. The van der Waals surface area contributed by atoms with Crippen molar-refractivity contribution >= 4 is 11.7 Å². The highest BCUT2D eigenvalue weighted by atomic mass is 16.8. The molecule has 3 saturated heterocycles. The molecule has 3 aliphatic rings. The number of esters is 1. The zero-order valence-electron chi connectivity index (χ0n) is 20.9. The van der Waals surface area contributed by atoms with E-state index in [1.807, 2.05) is 30.3 Å². The first-order chi connectivity index (χ1) is 17.5.